The highest BCUT2D eigenvalue weighted by atomic mass is 19.4. The van der Waals surface area contributed by atoms with E-state index in [-0.39, 0.29) is 11.0 Å². The molecule has 6 nitrogen and oxygen atoms in total. The Morgan fingerprint density at radius 3 is 2.33 bits per heavy atom. The Morgan fingerprint density at radius 2 is 1.70 bits per heavy atom. The average Bonchev–Trinajstić information content (AvgIpc) is 2.99. The summed E-state index contributed by atoms with van der Waals surface area (Å²) in [6, 6.07) is 13.9. The Morgan fingerprint density at radius 1 is 1.07 bits per heavy atom. The van der Waals surface area contributed by atoms with E-state index >= 15 is 0 Å². The molecule has 1 heterocycles. The van der Waals surface area contributed by atoms with Crippen LogP contribution >= 0.6 is 0 Å². The van der Waals surface area contributed by atoms with Crippen molar-refractivity contribution in [2.24, 2.45) is 5.73 Å². The summed E-state index contributed by atoms with van der Waals surface area (Å²) in [6.07, 6.45) is -6.16. The number of nitrogens with two attached hydrogens (primary N) is 1. The molecular weight excluding hydrogens is 363 g/mol. The molecule has 3 aromatic rings. The summed E-state index contributed by atoms with van der Waals surface area (Å²) in [4.78, 5) is 27.4. The van der Waals surface area contributed by atoms with Gasteiger partial charge < -0.3 is 15.0 Å². The van der Waals surface area contributed by atoms with Crippen molar-refractivity contribution in [3.05, 3.63) is 66.0 Å². The Kier molecular flexibility index (Phi) is 4.85. The fraction of sp³-hybridized carbons (Fsp3) is 0.167. The predicted molar refractivity (Wildman–Crippen MR) is 89.2 cm³/mol. The van der Waals surface area contributed by atoms with Crippen LogP contribution in [0.15, 0.2) is 54.6 Å². The van der Waals surface area contributed by atoms with Gasteiger partial charge in [-0.25, -0.2) is 4.98 Å². The highest BCUT2D eigenvalue weighted by Gasteiger charge is 2.38. The largest absolute Gasteiger partial charge is 0.449 e. The SMILES string of the molecule is NC(=O)[C@@H](OC(=O)Cn1c(C(F)(F)F)nc2ccccc21)c1ccccc1. The molecule has 9 heteroatoms. The summed E-state index contributed by atoms with van der Waals surface area (Å²) in [5, 5.41) is 0. The van der Waals surface area contributed by atoms with Crippen molar-refractivity contribution in [3.63, 3.8) is 0 Å². The molecule has 0 unspecified atom stereocenters. The Bertz CT molecular complexity index is 984. The van der Waals surface area contributed by atoms with Crippen molar-refractivity contribution < 1.29 is 27.5 Å². The normalized spacial score (nSPS) is 12.7. The van der Waals surface area contributed by atoms with Crippen molar-refractivity contribution in [2.75, 3.05) is 0 Å². The van der Waals surface area contributed by atoms with Gasteiger partial charge in [-0.15, -0.1) is 0 Å². The first-order valence-electron chi connectivity index (χ1n) is 7.83. The quantitative estimate of drug-likeness (QED) is 0.693. The van der Waals surface area contributed by atoms with Crippen LogP contribution in [0.25, 0.3) is 11.0 Å². The minimum atomic E-state index is -4.76. The van der Waals surface area contributed by atoms with Crippen molar-refractivity contribution in [2.45, 2.75) is 18.8 Å². The molecule has 1 aromatic heterocycles. The second kappa shape index (κ2) is 7.10. The van der Waals surface area contributed by atoms with Gasteiger partial charge >= 0.3 is 12.1 Å². The number of primary amides is 1. The average molecular weight is 377 g/mol. The van der Waals surface area contributed by atoms with Gasteiger partial charge in [0.15, 0.2) is 0 Å². The lowest BCUT2D eigenvalue weighted by Crippen LogP contribution is -2.28. The van der Waals surface area contributed by atoms with E-state index in [1.54, 1.807) is 18.2 Å². The maximum absolute atomic E-state index is 13.3. The lowest BCUT2D eigenvalue weighted by Gasteiger charge is -2.16. The molecule has 1 atom stereocenters. The third-order valence-electron chi connectivity index (χ3n) is 3.81. The van der Waals surface area contributed by atoms with Crippen LogP contribution in [0.2, 0.25) is 0 Å². The number of carbonyl (C=O) groups excluding carboxylic acids is 2. The minimum absolute atomic E-state index is 0.0899. The zero-order valence-electron chi connectivity index (χ0n) is 13.8. The van der Waals surface area contributed by atoms with Crippen LogP contribution < -0.4 is 5.73 Å². The molecule has 140 valence electrons. The highest BCUT2D eigenvalue weighted by molar-refractivity contribution is 5.84. The van der Waals surface area contributed by atoms with Gasteiger partial charge in [-0.2, -0.15) is 13.2 Å². The molecule has 0 radical (unpaired) electrons. The lowest BCUT2D eigenvalue weighted by molar-refractivity contribution is -0.158. The number of esters is 1. The molecule has 2 N–H and O–H groups in total. The van der Waals surface area contributed by atoms with E-state index in [1.807, 2.05) is 0 Å². The van der Waals surface area contributed by atoms with Crippen LogP contribution in [0.5, 0.6) is 0 Å². The summed E-state index contributed by atoms with van der Waals surface area (Å²) in [7, 11) is 0. The van der Waals surface area contributed by atoms with E-state index in [1.165, 1.54) is 36.4 Å². The van der Waals surface area contributed by atoms with Gasteiger partial charge in [0.25, 0.3) is 5.91 Å². The van der Waals surface area contributed by atoms with Crippen LogP contribution in [0.1, 0.15) is 17.5 Å². The van der Waals surface area contributed by atoms with Crippen LogP contribution in [0, 0.1) is 0 Å². The summed E-state index contributed by atoms with van der Waals surface area (Å²) in [5.74, 6) is -3.20. The fourth-order valence-corrected chi connectivity index (χ4v) is 2.67. The van der Waals surface area contributed by atoms with Crippen LogP contribution in [0.4, 0.5) is 13.2 Å². The molecular formula is C18H14F3N3O3. The van der Waals surface area contributed by atoms with E-state index in [0.29, 0.717) is 10.1 Å². The Hall–Kier alpha value is -3.36. The van der Waals surface area contributed by atoms with Gasteiger partial charge in [-0.1, -0.05) is 42.5 Å². The molecule has 0 spiro atoms. The summed E-state index contributed by atoms with van der Waals surface area (Å²) in [6.45, 7) is -0.772. The molecule has 0 aliphatic carbocycles. The van der Waals surface area contributed by atoms with Crippen LogP contribution in [-0.4, -0.2) is 21.4 Å². The van der Waals surface area contributed by atoms with Gasteiger partial charge in [0, 0.05) is 5.56 Å². The maximum Gasteiger partial charge on any atom is 0.449 e. The number of rotatable bonds is 5. The zero-order valence-corrected chi connectivity index (χ0v) is 13.8. The van der Waals surface area contributed by atoms with Gasteiger partial charge in [-0.3, -0.25) is 9.59 Å². The third kappa shape index (κ3) is 3.91. The first-order valence-corrected chi connectivity index (χ1v) is 7.83. The zero-order chi connectivity index (χ0) is 19.6. The first kappa shape index (κ1) is 18.4. The number of hydrogen-bond acceptors (Lipinski definition) is 4. The molecule has 0 aliphatic rings. The number of nitrogens with zero attached hydrogens (tertiary/aromatic N) is 2. The van der Waals surface area contributed by atoms with Gasteiger partial charge in [0.1, 0.15) is 6.54 Å². The van der Waals surface area contributed by atoms with Crippen molar-refractivity contribution in [1.29, 1.82) is 0 Å². The lowest BCUT2D eigenvalue weighted by atomic mass is 10.1. The second-order valence-electron chi connectivity index (χ2n) is 5.69. The van der Waals surface area contributed by atoms with Crippen molar-refractivity contribution in [3.8, 4) is 0 Å². The number of ether oxygens (including phenoxy) is 1. The maximum atomic E-state index is 13.3. The molecule has 1 amide bonds. The first-order chi connectivity index (χ1) is 12.8. The number of halogens is 3. The molecule has 0 saturated carbocycles. The number of alkyl halides is 3. The standard InChI is InChI=1S/C18H14F3N3O3/c19-18(20,21)17-23-12-8-4-5-9-13(12)24(17)10-14(25)27-15(16(22)26)11-6-2-1-3-7-11/h1-9,15H,10H2,(H2,22,26)/t15-/m0/s1. The highest BCUT2D eigenvalue weighted by Crippen LogP contribution is 2.31. The Labute approximate surface area is 151 Å². The van der Waals surface area contributed by atoms with E-state index in [0.717, 1.165) is 0 Å². The second-order valence-corrected chi connectivity index (χ2v) is 5.69. The number of aromatic nitrogens is 2. The number of imidazole rings is 1. The molecule has 27 heavy (non-hydrogen) atoms. The molecule has 0 saturated heterocycles. The van der Waals surface area contributed by atoms with Gasteiger partial charge in [0.2, 0.25) is 11.9 Å². The van der Waals surface area contributed by atoms with Gasteiger partial charge in [0.05, 0.1) is 11.0 Å². The molecule has 0 bridgehead atoms. The van der Waals surface area contributed by atoms with E-state index < -0.39 is 36.5 Å². The monoisotopic (exact) mass is 377 g/mol. The number of hydrogen-bond donors (Lipinski definition) is 1. The van der Waals surface area contributed by atoms with E-state index in [9.17, 15) is 22.8 Å². The topological polar surface area (TPSA) is 87.2 Å². The minimum Gasteiger partial charge on any atom is -0.446 e. The van der Waals surface area contributed by atoms with Crippen molar-refractivity contribution in [1.82, 2.24) is 9.55 Å². The molecule has 3 rings (SSSR count). The smallest absolute Gasteiger partial charge is 0.446 e. The fourth-order valence-electron chi connectivity index (χ4n) is 2.67. The number of carbonyl (C=O) groups is 2. The number of benzene rings is 2. The predicted octanol–water partition coefficient (Wildman–Crippen LogP) is 2.82. The summed E-state index contributed by atoms with van der Waals surface area (Å²) >= 11 is 0. The third-order valence-corrected chi connectivity index (χ3v) is 3.81. The van der Waals surface area contributed by atoms with Gasteiger partial charge in [-0.05, 0) is 12.1 Å². The summed E-state index contributed by atoms with van der Waals surface area (Å²) in [5.41, 5.74) is 5.80. The van der Waals surface area contributed by atoms with Crippen LogP contribution in [0.3, 0.4) is 0 Å². The number of amides is 1. The van der Waals surface area contributed by atoms with Crippen molar-refractivity contribution >= 4 is 22.9 Å². The number of fused-ring (bicyclic) bond motifs is 1. The van der Waals surface area contributed by atoms with E-state index in [2.05, 4.69) is 4.98 Å². The Balaban J connectivity index is 1.91. The number of para-hydroxylation sites is 2. The molecule has 2 aromatic carbocycles. The van der Waals surface area contributed by atoms with E-state index in [4.69, 9.17) is 10.5 Å². The van der Waals surface area contributed by atoms with Crippen LogP contribution in [-0.2, 0) is 27.0 Å². The molecule has 0 aliphatic heterocycles. The summed E-state index contributed by atoms with van der Waals surface area (Å²) < 4.78 is 45.6. The molecule has 0 fully saturated rings.